The van der Waals surface area contributed by atoms with Crippen LogP contribution in [-0.2, 0) is 28.7 Å². The summed E-state index contributed by atoms with van der Waals surface area (Å²) >= 11 is 0. The fourth-order valence-corrected chi connectivity index (χ4v) is 3.28. The zero-order chi connectivity index (χ0) is 15.2. The van der Waals surface area contributed by atoms with Crippen molar-refractivity contribution >= 4 is 22.8 Å². The van der Waals surface area contributed by atoms with Gasteiger partial charge in [0.15, 0.2) is 0 Å². The van der Waals surface area contributed by atoms with Crippen LogP contribution in [0.25, 0.3) is 0 Å². The fraction of sp³-hybridized carbons (Fsp3) is 0.636. The van der Waals surface area contributed by atoms with Gasteiger partial charge in [-0.3, -0.25) is 9.00 Å². The van der Waals surface area contributed by atoms with Crippen LogP contribution in [0.2, 0.25) is 0 Å². The second-order valence-corrected chi connectivity index (χ2v) is 6.45. The highest BCUT2D eigenvalue weighted by Crippen LogP contribution is 2.08. The molecule has 0 atom stereocenters. The van der Waals surface area contributed by atoms with E-state index < -0.39 is 16.8 Å². The van der Waals surface area contributed by atoms with Crippen molar-refractivity contribution in [2.45, 2.75) is 32.0 Å². The van der Waals surface area contributed by atoms with Crippen LogP contribution < -0.4 is 10.6 Å². The molecular formula is C11H17N5O4S. The number of amides is 2. The third kappa shape index (κ3) is 5.14. The number of carboxylic acids is 1. The highest BCUT2D eigenvalue weighted by Gasteiger charge is 2.19. The lowest BCUT2D eigenvalue weighted by atomic mass is 10.2. The highest BCUT2D eigenvalue weighted by molar-refractivity contribution is 7.85. The molecule has 3 N–H and O–H groups in total. The molecule has 10 heteroatoms. The summed E-state index contributed by atoms with van der Waals surface area (Å²) in [7, 11) is -0.752. The van der Waals surface area contributed by atoms with E-state index in [0.29, 0.717) is 17.2 Å². The molecule has 1 aliphatic heterocycles. The predicted octanol–water partition coefficient (Wildman–Crippen LogP) is -0.927. The van der Waals surface area contributed by atoms with Gasteiger partial charge in [0.1, 0.15) is 12.2 Å². The Morgan fingerprint density at radius 1 is 1.43 bits per heavy atom. The molecule has 0 radical (unpaired) electrons. The average Bonchev–Trinajstić information content (AvgIpc) is 2.86. The molecule has 2 heterocycles. The number of nitrogens with one attached hydrogen (secondary N) is 2. The summed E-state index contributed by atoms with van der Waals surface area (Å²) in [5.74, 6) is 0.231. The SMILES string of the molecule is O=C(O)Cn1cc(CNC(=O)NC2CCS(=O)CC2)nn1. The molecule has 9 nitrogen and oxygen atoms in total. The van der Waals surface area contributed by atoms with Crippen LogP contribution in [0.4, 0.5) is 4.79 Å². The van der Waals surface area contributed by atoms with Crippen molar-refractivity contribution in [1.82, 2.24) is 25.6 Å². The Morgan fingerprint density at radius 3 is 2.81 bits per heavy atom. The number of carboxylic acid groups (broad SMARTS) is 1. The van der Waals surface area contributed by atoms with Gasteiger partial charge in [-0.25, -0.2) is 9.48 Å². The quantitative estimate of drug-likeness (QED) is 0.644. The second kappa shape index (κ2) is 7.16. The smallest absolute Gasteiger partial charge is 0.325 e. The number of nitrogens with zero attached hydrogens (tertiary/aromatic N) is 3. The first-order chi connectivity index (χ1) is 10.0. The van der Waals surface area contributed by atoms with Gasteiger partial charge in [0.25, 0.3) is 0 Å². The Labute approximate surface area is 123 Å². The van der Waals surface area contributed by atoms with Crippen LogP contribution in [0.5, 0.6) is 0 Å². The lowest BCUT2D eigenvalue weighted by Gasteiger charge is -2.22. The van der Waals surface area contributed by atoms with Crippen molar-refractivity contribution in [2.75, 3.05) is 11.5 Å². The summed E-state index contributed by atoms with van der Waals surface area (Å²) in [6, 6.07) is -0.272. The second-order valence-electron chi connectivity index (χ2n) is 4.75. The van der Waals surface area contributed by atoms with Crippen molar-refractivity contribution in [3.05, 3.63) is 11.9 Å². The summed E-state index contributed by atoms with van der Waals surface area (Å²) < 4.78 is 12.4. The molecule has 1 aromatic heterocycles. The first-order valence-corrected chi connectivity index (χ1v) is 8.02. The summed E-state index contributed by atoms with van der Waals surface area (Å²) in [5.41, 5.74) is 0.483. The van der Waals surface area contributed by atoms with Crippen molar-refractivity contribution in [3.8, 4) is 0 Å². The van der Waals surface area contributed by atoms with Crippen LogP contribution >= 0.6 is 0 Å². The van der Waals surface area contributed by atoms with E-state index in [1.165, 1.54) is 10.9 Å². The predicted molar refractivity (Wildman–Crippen MR) is 73.9 cm³/mol. The molecule has 0 bridgehead atoms. The molecule has 21 heavy (non-hydrogen) atoms. The van der Waals surface area contributed by atoms with Crippen LogP contribution in [0.3, 0.4) is 0 Å². The van der Waals surface area contributed by atoms with Crippen molar-refractivity contribution in [2.24, 2.45) is 0 Å². The molecule has 1 aliphatic rings. The molecule has 0 aliphatic carbocycles. The van der Waals surface area contributed by atoms with E-state index in [2.05, 4.69) is 20.9 Å². The fourth-order valence-electron chi connectivity index (χ4n) is 1.98. The van der Waals surface area contributed by atoms with Gasteiger partial charge in [-0.15, -0.1) is 5.10 Å². The zero-order valence-corrected chi connectivity index (χ0v) is 12.1. The number of hydrogen-bond donors (Lipinski definition) is 3. The molecular weight excluding hydrogens is 298 g/mol. The molecule has 2 amide bonds. The maximum absolute atomic E-state index is 11.7. The third-order valence-corrected chi connectivity index (χ3v) is 4.42. The number of carbonyl (C=O) groups is 2. The Hall–Kier alpha value is -1.97. The number of hydrogen-bond acceptors (Lipinski definition) is 5. The van der Waals surface area contributed by atoms with Gasteiger partial charge in [-0.2, -0.15) is 0 Å². The summed E-state index contributed by atoms with van der Waals surface area (Å²) in [6.45, 7) is -0.0947. The van der Waals surface area contributed by atoms with Gasteiger partial charge in [0, 0.05) is 28.3 Å². The Kier molecular flexibility index (Phi) is 5.26. The van der Waals surface area contributed by atoms with Crippen LogP contribution in [-0.4, -0.2) is 53.9 Å². The number of aromatic nitrogens is 3. The van der Waals surface area contributed by atoms with Crippen LogP contribution in [0, 0.1) is 0 Å². The van der Waals surface area contributed by atoms with Gasteiger partial charge < -0.3 is 15.7 Å². The van der Waals surface area contributed by atoms with E-state index in [9.17, 15) is 13.8 Å². The van der Waals surface area contributed by atoms with Gasteiger partial charge in [0.2, 0.25) is 0 Å². The first-order valence-electron chi connectivity index (χ1n) is 6.53. The summed E-state index contributed by atoms with van der Waals surface area (Å²) in [6.07, 6.45) is 2.90. The topological polar surface area (TPSA) is 126 Å². The van der Waals surface area contributed by atoms with E-state index >= 15 is 0 Å². The molecule has 0 saturated carbocycles. The molecule has 0 spiro atoms. The zero-order valence-electron chi connectivity index (χ0n) is 11.3. The Morgan fingerprint density at radius 2 is 2.14 bits per heavy atom. The minimum Gasteiger partial charge on any atom is -0.480 e. The highest BCUT2D eigenvalue weighted by atomic mass is 32.2. The Bertz CT molecular complexity index is 536. The summed E-state index contributed by atoms with van der Waals surface area (Å²) in [4.78, 5) is 22.2. The maximum Gasteiger partial charge on any atom is 0.325 e. The maximum atomic E-state index is 11.7. The van der Waals surface area contributed by atoms with Crippen molar-refractivity contribution < 1.29 is 18.9 Å². The average molecular weight is 315 g/mol. The molecule has 0 unspecified atom stereocenters. The van der Waals surface area contributed by atoms with Crippen molar-refractivity contribution in [1.29, 1.82) is 0 Å². The third-order valence-electron chi connectivity index (χ3n) is 3.04. The monoisotopic (exact) mass is 315 g/mol. The van der Waals surface area contributed by atoms with Crippen molar-refractivity contribution in [3.63, 3.8) is 0 Å². The Balaban J connectivity index is 1.72. The van der Waals surface area contributed by atoms with E-state index in [4.69, 9.17) is 5.11 Å². The molecule has 2 rings (SSSR count). The normalized spacial score (nSPS) is 21.7. The minimum atomic E-state index is -1.01. The molecule has 1 aromatic rings. The summed E-state index contributed by atoms with van der Waals surface area (Å²) in [5, 5.41) is 21.5. The largest absolute Gasteiger partial charge is 0.480 e. The molecule has 1 saturated heterocycles. The van der Waals surface area contributed by atoms with Crippen LogP contribution in [0.15, 0.2) is 6.20 Å². The first kappa shape index (κ1) is 15.4. The van der Waals surface area contributed by atoms with Gasteiger partial charge in [-0.1, -0.05) is 5.21 Å². The lowest BCUT2D eigenvalue weighted by molar-refractivity contribution is -0.137. The van der Waals surface area contributed by atoms with Gasteiger partial charge in [-0.05, 0) is 12.8 Å². The minimum absolute atomic E-state index is 0.0467. The van der Waals surface area contributed by atoms with Crippen LogP contribution in [0.1, 0.15) is 18.5 Å². The van der Waals surface area contributed by atoms with E-state index in [-0.39, 0.29) is 25.2 Å². The number of carbonyl (C=O) groups excluding carboxylic acids is 1. The number of urea groups is 1. The molecule has 0 aromatic carbocycles. The van der Waals surface area contributed by atoms with Gasteiger partial charge in [0.05, 0.1) is 12.7 Å². The lowest BCUT2D eigenvalue weighted by Crippen LogP contribution is -2.44. The van der Waals surface area contributed by atoms with E-state index in [0.717, 1.165) is 12.8 Å². The molecule has 1 fully saturated rings. The number of aliphatic carboxylic acids is 1. The molecule has 116 valence electrons. The van der Waals surface area contributed by atoms with E-state index in [1.54, 1.807) is 0 Å². The van der Waals surface area contributed by atoms with E-state index in [1.807, 2.05) is 0 Å². The number of rotatable bonds is 5. The van der Waals surface area contributed by atoms with Gasteiger partial charge >= 0.3 is 12.0 Å². The standard InChI is InChI=1S/C11H17N5O4S/c17-10(18)7-16-6-9(14-15-16)5-12-11(19)13-8-1-3-21(20)4-2-8/h6,8H,1-5,7H2,(H,17,18)(H2,12,13,19).